The molecule has 1 atom stereocenters. The van der Waals surface area contributed by atoms with E-state index in [1.54, 1.807) is 33.8 Å². The van der Waals surface area contributed by atoms with E-state index in [-0.39, 0.29) is 23.4 Å². The van der Waals surface area contributed by atoms with Gasteiger partial charge in [0.1, 0.15) is 5.75 Å². The Morgan fingerprint density at radius 1 is 1.29 bits per heavy atom. The van der Waals surface area contributed by atoms with Crippen molar-refractivity contribution in [3.63, 3.8) is 0 Å². The number of nitrogens with zero attached hydrogens (tertiary/aromatic N) is 3. The maximum absolute atomic E-state index is 13.2. The Morgan fingerprint density at radius 2 is 2.00 bits per heavy atom. The van der Waals surface area contributed by atoms with Crippen LogP contribution in [0, 0.1) is 6.92 Å². The van der Waals surface area contributed by atoms with Gasteiger partial charge < -0.3 is 19.3 Å². The predicted octanol–water partition coefficient (Wildman–Crippen LogP) is 2.81. The molecule has 0 bridgehead atoms. The molecule has 3 heterocycles. The summed E-state index contributed by atoms with van der Waals surface area (Å²) in [6.07, 6.45) is -0.304. The zero-order chi connectivity index (χ0) is 20.3. The summed E-state index contributed by atoms with van der Waals surface area (Å²) >= 11 is 1.56. The lowest BCUT2D eigenvalue weighted by Gasteiger charge is -2.38. The molecule has 1 fully saturated rings. The first kappa shape index (κ1) is 20.4. The SMILES string of the molecule is CCOC(=O)N1CCN([C@H](c2cccs2)c2c(O)cc(C)n(CC)c2=O)CC1. The minimum Gasteiger partial charge on any atom is -0.507 e. The molecule has 1 saturated heterocycles. The minimum absolute atomic E-state index is 0.0263. The molecular weight excluding hydrogens is 378 g/mol. The molecule has 1 aliphatic rings. The summed E-state index contributed by atoms with van der Waals surface area (Å²) in [5, 5.41) is 12.7. The molecule has 1 N–H and O–H groups in total. The second-order valence-corrected chi connectivity index (χ2v) is 7.75. The van der Waals surface area contributed by atoms with E-state index < -0.39 is 0 Å². The number of thiophene rings is 1. The molecule has 0 spiro atoms. The van der Waals surface area contributed by atoms with Crippen molar-refractivity contribution in [2.75, 3.05) is 32.8 Å². The first-order chi connectivity index (χ1) is 13.5. The lowest BCUT2D eigenvalue weighted by Crippen LogP contribution is -2.50. The summed E-state index contributed by atoms with van der Waals surface area (Å²) in [6, 6.07) is 5.26. The summed E-state index contributed by atoms with van der Waals surface area (Å²) in [5.41, 5.74) is 0.983. The van der Waals surface area contributed by atoms with Crippen LogP contribution in [0.25, 0.3) is 0 Å². The summed E-state index contributed by atoms with van der Waals surface area (Å²) in [4.78, 5) is 30.0. The fraction of sp³-hybridized carbons (Fsp3) is 0.500. The highest BCUT2D eigenvalue weighted by atomic mass is 32.1. The Hall–Kier alpha value is -2.32. The number of carbonyl (C=O) groups excluding carboxylic acids is 1. The molecule has 7 nitrogen and oxygen atoms in total. The van der Waals surface area contributed by atoms with Crippen molar-refractivity contribution in [3.05, 3.63) is 50.1 Å². The van der Waals surface area contributed by atoms with Crippen molar-refractivity contribution in [2.24, 2.45) is 0 Å². The van der Waals surface area contributed by atoms with Crippen LogP contribution in [-0.2, 0) is 11.3 Å². The molecule has 2 aromatic rings. The van der Waals surface area contributed by atoms with E-state index in [2.05, 4.69) is 4.90 Å². The van der Waals surface area contributed by atoms with Crippen LogP contribution in [0.3, 0.4) is 0 Å². The fourth-order valence-corrected chi connectivity index (χ4v) is 4.62. The average Bonchev–Trinajstić information content (AvgIpc) is 3.20. The van der Waals surface area contributed by atoms with Crippen molar-refractivity contribution >= 4 is 17.4 Å². The molecule has 2 aromatic heterocycles. The number of piperazine rings is 1. The molecule has 0 unspecified atom stereocenters. The molecule has 0 radical (unpaired) electrons. The highest BCUT2D eigenvalue weighted by Crippen LogP contribution is 2.35. The Morgan fingerprint density at radius 3 is 2.57 bits per heavy atom. The Kier molecular flexibility index (Phi) is 6.41. The molecule has 152 valence electrons. The van der Waals surface area contributed by atoms with Gasteiger partial charge in [0.2, 0.25) is 0 Å². The topological polar surface area (TPSA) is 75.0 Å². The third-order valence-corrected chi connectivity index (χ3v) is 6.06. The molecule has 1 aliphatic heterocycles. The van der Waals surface area contributed by atoms with Gasteiger partial charge in [0.25, 0.3) is 5.56 Å². The first-order valence-electron chi connectivity index (χ1n) is 9.60. The van der Waals surface area contributed by atoms with E-state index in [4.69, 9.17) is 4.74 Å². The van der Waals surface area contributed by atoms with Crippen LogP contribution in [0.15, 0.2) is 28.4 Å². The van der Waals surface area contributed by atoms with Crippen LogP contribution in [0.2, 0.25) is 0 Å². The first-order valence-corrected chi connectivity index (χ1v) is 10.5. The minimum atomic E-state index is -0.338. The normalized spacial score (nSPS) is 16.2. The number of amides is 1. The van der Waals surface area contributed by atoms with E-state index in [0.29, 0.717) is 44.9 Å². The van der Waals surface area contributed by atoms with Crippen molar-refractivity contribution in [1.82, 2.24) is 14.4 Å². The van der Waals surface area contributed by atoms with Gasteiger partial charge in [0.05, 0.1) is 18.2 Å². The Balaban J connectivity index is 1.96. The standard InChI is InChI=1S/C20H27N3O4S/c1-4-23-14(3)13-15(24)17(19(23)25)18(16-7-6-12-28-16)21-8-10-22(11-9-21)20(26)27-5-2/h6-7,12-13,18,24H,4-5,8-11H2,1-3H3/t18-/m1/s1. The monoisotopic (exact) mass is 405 g/mol. The van der Waals surface area contributed by atoms with E-state index in [1.807, 2.05) is 31.4 Å². The highest BCUT2D eigenvalue weighted by Gasteiger charge is 2.33. The number of hydrogen-bond acceptors (Lipinski definition) is 6. The van der Waals surface area contributed by atoms with Crippen LogP contribution >= 0.6 is 11.3 Å². The number of aromatic hydroxyl groups is 1. The van der Waals surface area contributed by atoms with Crippen molar-refractivity contribution in [3.8, 4) is 5.75 Å². The highest BCUT2D eigenvalue weighted by molar-refractivity contribution is 7.10. The number of hydrogen-bond donors (Lipinski definition) is 1. The molecule has 0 saturated carbocycles. The van der Waals surface area contributed by atoms with Gasteiger partial charge in [0, 0.05) is 43.3 Å². The molecule has 3 rings (SSSR count). The van der Waals surface area contributed by atoms with Crippen LogP contribution in [0.1, 0.15) is 36.0 Å². The zero-order valence-electron chi connectivity index (χ0n) is 16.6. The Bertz CT molecular complexity index is 870. The van der Waals surface area contributed by atoms with E-state index >= 15 is 0 Å². The lowest BCUT2D eigenvalue weighted by molar-refractivity contribution is 0.0713. The molecule has 28 heavy (non-hydrogen) atoms. The van der Waals surface area contributed by atoms with Crippen LogP contribution in [0.4, 0.5) is 4.79 Å². The van der Waals surface area contributed by atoms with E-state index in [9.17, 15) is 14.7 Å². The molecular formula is C20H27N3O4S. The van der Waals surface area contributed by atoms with Gasteiger partial charge in [-0.1, -0.05) is 6.07 Å². The zero-order valence-corrected chi connectivity index (χ0v) is 17.4. The third-order valence-electron chi connectivity index (χ3n) is 5.13. The number of aryl methyl sites for hydroxylation is 1. The third kappa shape index (κ3) is 3.93. The maximum atomic E-state index is 13.2. The molecule has 0 aliphatic carbocycles. The van der Waals surface area contributed by atoms with Crippen LogP contribution in [-0.4, -0.2) is 58.4 Å². The molecule has 0 aromatic carbocycles. The molecule has 8 heteroatoms. The average molecular weight is 406 g/mol. The summed E-state index contributed by atoms with van der Waals surface area (Å²) < 4.78 is 6.78. The smallest absolute Gasteiger partial charge is 0.409 e. The number of aromatic nitrogens is 1. The van der Waals surface area contributed by atoms with Crippen LogP contribution < -0.4 is 5.56 Å². The van der Waals surface area contributed by atoms with Gasteiger partial charge in [0.15, 0.2) is 0 Å². The van der Waals surface area contributed by atoms with Gasteiger partial charge >= 0.3 is 6.09 Å². The van der Waals surface area contributed by atoms with Gasteiger partial charge in [-0.05, 0) is 38.3 Å². The number of rotatable bonds is 5. The molecule has 1 amide bonds. The van der Waals surface area contributed by atoms with Crippen molar-refractivity contribution in [1.29, 1.82) is 0 Å². The van der Waals surface area contributed by atoms with Crippen LogP contribution in [0.5, 0.6) is 5.75 Å². The van der Waals surface area contributed by atoms with Gasteiger partial charge in [-0.25, -0.2) is 4.79 Å². The summed E-state index contributed by atoms with van der Waals surface area (Å²) in [6.45, 7) is 8.68. The maximum Gasteiger partial charge on any atom is 0.409 e. The summed E-state index contributed by atoms with van der Waals surface area (Å²) in [5.74, 6) is 0.0263. The lowest BCUT2D eigenvalue weighted by atomic mass is 10.0. The quantitative estimate of drug-likeness (QED) is 0.828. The predicted molar refractivity (Wildman–Crippen MR) is 109 cm³/mol. The van der Waals surface area contributed by atoms with Crippen molar-refractivity contribution in [2.45, 2.75) is 33.4 Å². The second kappa shape index (κ2) is 8.79. The summed E-state index contributed by atoms with van der Waals surface area (Å²) in [7, 11) is 0. The number of pyridine rings is 1. The van der Waals surface area contributed by atoms with E-state index in [1.165, 1.54) is 0 Å². The van der Waals surface area contributed by atoms with Crippen molar-refractivity contribution < 1.29 is 14.6 Å². The van der Waals surface area contributed by atoms with Gasteiger partial charge in [-0.3, -0.25) is 9.69 Å². The van der Waals surface area contributed by atoms with Gasteiger partial charge in [-0.15, -0.1) is 11.3 Å². The Labute approximate surface area is 168 Å². The largest absolute Gasteiger partial charge is 0.507 e. The number of ether oxygens (including phenoxy) is 1. The van der Waals surface area contributed by atoms with Gasteiger partial charge in [-0.2, -0.15) is 0 Å². The fourth-order valence-electron chi connectivity index (χ4n) is 3.75. The second-order valence-electron chi connectivity index (χ2n) is 6.77. The number of carbonyl (C=O) groups is 1. The van der Waals surface area contributed by atoms with E-state index in [0.717, 1.165) is 10.6 Å².